The molecule has 0 saturated heterocycles. The van der Waals surface area contributed by atoms with E-state index in [0.717, 1.165) is 10.9 Å². The molecule has 3 aromatic rings. The van der Waals surface area contributed by atoms with Crippen molar-refractivity contribution < 1.29 is 24.2 Å². The number of ether oxygens (including phenoxy) is 2. The van der Waals surface area contributed by atoms with Crippen LogP contribution in [0.15, 0.2) is 54.7 Å². The molecule has 0 atom stereocenters. The number of carboxylic acid groups (broad SMARTS) is 1. The van der Waals surface area contributed by atoms with Crippen LogP contribution in [0.3, 0.4) is 0 Å². The zero-order valence-corrected chi connectivity index (χ0v) is 16.3. The first-order valence-corrected chi connectivity index (χ1v) is 9.52. The zero-order chi connectivity index (χ0) is 20.6. The van der Waals surface area contributed by atoms with Crippen molar-refractivity contribution in [3.8, 4) is 11.5 Å². The maximum absolute atomic E-state index is 12.2. The van der Waals surface area contributed by atoms with Gasteiger partial charge in [-0.1, -0.05) is 12.1 Å². The molecule has 2 N–H and O–H groups in total. The van der Waals surface area contributed by atoms with Crippen molar-refractivity contribution in [3.63, 3.8) is 0 Å². The second-order valence-electron chi connectivity index (χ2n) is 6.49. The molecule has 0 bridgehead atoms. The lowest BCUT2D eigenvalue weighted by molar-refractivity contribution is -0.137. The second-order valence-corrected chi connectivity index (χ2v) is 6.49. The van der Waals surface area contributed by atoms with Gasteiger partial charge in [-0.3, -0.25) is 9.59 Å². The number of amides is 1. The van der Waals surface area contributed by atoms with E-state index in [1.165, 1.54) is 0 Å². The number of carbonyl (C=O) groups is 2. The molecule has 3 rings (SSSR count). The lowest BCUT2D eigenvalue weighted by Gasteiger charge is -2.11. The molecule has 0 spiro atoms. The van der Waals surface area contributed by atoms with E-state index in [1.807, 2.05) is 49.4 Å². The van der Waals surface area contributed by atoms with Crippen molar-refractivity contribution in [1.29, 1.82) is 0 Å². The Hall–Kier alpha value is -3.48. The van der Waals surface area contributed by atoms with Gasteiger partial charge in [-0.05, 0) is 49.7 Å². The van der Waals surface area contributed by atoms with Gasteiger partial charge in [-0.15, -0.1) is 0 Å². The Labute approximate surface area is 168 Å². The third-order valence-electron chi connectivity index (χ3n) is 4.32. The molecule has 0 saturated carbocycles. The van der Waals surface area contributed by atoms with Crippen LogP contribution in [-0.4, -0.2) is 34.8 Å². The quantitative estimate of drug-likeness (QED) is 0.507. The van der Waals surface area contributed by atoms with Crippen LogP contribution in [0.5, 0.6) is 11.5 Å². The van der Waals surface area contributed by atoms with Crippen LogP contribution in [0.1, 0.15) is 19.8 Å². The van der Waals surface area contributed by atoms with Crippen molar-refractivity contribution in [2.45, 2.75) is 26.3 Å². The first kappa shape index (κ1) is 20.3. The van der Waals surface area contributed by atoms with Crippen LogP contribution in [-0.2, 0) is 16.1 Å². The van der Waals surface area contributed by atoms with Crippen LogP contribution >= 0.6 is 0 Å². The second kappa shape index (κ2) is 9.64. The van der Waals surface area contributed by atoms with Gasteiger partial charge in [0, 0.05) is 29.2 Å². The predicted octanol–water partition coefficient (Wildman–Crippen LogP) is 3.92. The summed E-state index contributed by atoms with van der Waals surface area (Å²) in [6.07, 6.45) is 2.63. The number of carboxylic acids is 1. The summed E-state index contributed by atoms with van der Waals surface area (Å²) in [4.78, 5) is 23.1. The molecular weight excluding hydrogens is 372 g/mol. The molecule has 0 unspecified atom stereocenters. The first-order chi connectivity index (χ1) is 14.1. The lowest BCUT2D eigenvalue weighted by Crippen LogP contribution is -2.13. The molecule has 0 fully saturated rings. The highest BCUT2D eigenvalue weighted by Gasteiger charge is 2.08. The largest absolute Gasteiger partial charge is 0.490 e. The van der Waals surface area contributed by atoms with Gasteiger partial charge in [-0.25, -0.2) is 0 Å². The fourth-order valence-corrected chi connectivity index (χ4v) is 3.04. The van der Waals surface area contributed by atoms with Gasteiger partial charge >= 0.3 is 5.97 Å². The van der Waals surface area contributed by atoms with Gasteiger partial charge in [-0.2, -0.15) is 0 Å². The van der Waals surface area contributed by atoms with Crippen molar-refractivity contribution in [2.75, 3.05) is 18.5 Å². The molecule has 1 amide bonds. The van der Waals surface area contributed by atoms with Gasteiger partial charge in [0.15, 0.2) is 11.5 Å². The third kappa shape index (κ3) is 5.51. The third-order valence-corrected chi connectivity index (χ3v) is 4.32. The van der Waals surface area contributed by atoms with E-state index in [0.29, 0.717) is 43.2 Å². The van der Waals surface area contributed by atoms with Gasteiger partial charge in [0.2, 0.25) is 5.91 Å². The van der Waals surface area contributed by atoms with Crippen LogP contribution in [0.25, 0.3) is 10.9 Å². The molecule has 29 heavy (non-hydrogen) atoms. The Morgan fingerprint density at radius 2 is 1.83 bits per heavy atom. The zero-order valence-electron chi connectivity index (χ0n) is 16.3. The fourth-order valence-electron chi connectivity index (χ4n) is 3.04. The smallest absolute Gasteiger partial charge is 0.323 e. The minimum Gasteiger partial charge on any atom is -0.490 e. The number of hydrogen-bond acceptors (Lipinski definition) is 4. The van der Waals surface area contributed by atoms with Crippen molar-refractivity contribution in [1.82, 2.24) is 4.57 Å². The highest BCUT2D eigenvalue weighted by molar-refractivity contribution is 5.94. The van der Waals surface area contributed by atoms with E-state index >= 15 is 0 Å². The molecule has 2 aromatic carbocycles. The molecule has 1 aromatic heterocycles. The van der Waals surface area contributed by atoms with Gasteiger partial charge in [0.05, 0.1) is 13.2 Å². The Morgan fingerprint density at radius 1 is 1.07 bits per heavy atom. The Balaban J connectivity index is 1.49. The Morgan fingerprint density at radius 3 is 2.55 bits per heavy atom. The van der Waals surface area contributed by atoms with E-state index < -0.39 is 5.97 Å². The first-order valence-electron chi connectivity index (χ1n) is 9.52. The molecule has 1 heterocycles. The molecular formula is C22H24N2O5. The number of benzene rings is 2. The molecule has 152 valence electrons. The number of aliphatic carboxylic acids is 1. The molecule has 7 heteroatoms. The standard InChI is InChI=1S/C22H24N2O5/c1-2-28-19-6-3-4-7-20(19)29-13-5-8-21(25)23-17-9-10-18-16(14-17)11-12-24(18)15-22(26)27/h3-4,6-7,9-12,14H,2,5,8,13,15H2,1H3,(H,23,25)(H,26,27). The van der Waals surface area contributed by atoms with Crippen LogP contribution in [0.4, 0.5) is 5.69 Å². The molecule has 0 radical (unpaired) electrons. The summed E-state index contributed by atoms with van der Waals surface area (Å²) in [5.74, 6) is 0.371. The number of nitrogens with zero attached hydrogens (tertiary/aromatic N) is 1. The Kier molecular flexibility index (Phi) is 6.73. The summed E-state index contributed by atoms with van der Waals surface area (Å²) in [5, 5.41) is 12.7. The highest BCUT2D eigenvalue weighted by Crippen LogP contribution is 2.26. The van der Waals surface area contributed by atoms with Crippen LogP contribution < -0.4 is 14.8 Å². The van der Waals surface area contributed by atoms with Gasteiger partial charge in [0.25, 0.3) is 0 Å². The maximum atomic E-state index is 12.2. The monoisotopic (exact) mass is 396 g/mol. The normalized spacial score (nSPS) is 10.7. The number of aromatic nitrogens is 1. The lowest BCUT2D eigenvalue weighted by atomic mass is 10.2. The summed E-state index contributed by atoms with van der Waals surface area (Å²) in [7, 11) is 0. The average molecular weight is 396 g/mol. The summed E-state index contributed by atoms with van der Waals surface area (Å²) in [6.45, 7) is 2.79. The number of hydrogen-bond donors (Lipinski definition) is 2. The van der Waals surface area contributed by atoms with E-state index in [1.54, 1.807) is 16.8 Å². The van der Waals surface area contributed by atoms with Crippen LogP contribution in [0, 0.1) is 0 Å². The number of nitrogens with one attached hydrogen (secondary N) is 1. The maximum Gasteiger partial charge on any atom is 0.323 e. The number of para-hydroxylation sites is 2. The predicted molar refractivity (Wildman–Crippen MR) is 111 cm³/mol. The summed E-state index contributed by atoms with van der Waals surface area (Å²) < 4.78 is 12.9. The number of fused-ring (bicyclic) bond motifs is 1. The Bertz CT molecular complexity index is 996. The summed E-state index contributed by atoms with van der Waals surface area (Å²) >= 11 is 0. The van der Waals surface area contributed by atoms with E-state index in [9.17, 15) is 9.59 Å². The number of rotatable bonds is 10. The summed E-state index contributed by atoms with van der Waals surface area (Å²) in [6, 6.07) is 14.7. The van der Waals surface area contributed by atoms with Crippen LogP contribution in [0.2, 0.25) is 0 Å². The van der Waals surface area contributed by atoms with Crippen molar-refractivity contribution in [2.24, 2.45) is 0 Å². The van der Waals surface area contributed by atoms with Crippen molar-refractivity contribution in [3.05, 3.63) is 54.7 Å². The van der Waals surface area contributed by atoms with E-state index in [4.69, 9.17) is 14.6 Å². The topological polar surface area (TPSA) is 89.8 Å². The molecule has 0 aliphatic rings. The highest BCUT2D eigenvalue weighted by atomic mass is 16.5. The fraction of sp³-hybridized carbons (Fsp3) is 0.273. The van der Waals surface area contributed by atoms with Gasteiger partial charge < -0.3 is 24.5 Å². The average Bonchev–Trinajstić information content (AvgIpc) is 3.08. The molecule has 0 aliphatic heterocycles. The molecule has 7 nitrogen and oxygen atoms in total. The SMILES string of the molecule is CCOc1ccccc1OCCCC(=O)Nc1ccc2c(ccn2CC(=O)O)c1. The van der Waals surface area contributed by atoms with Crippen molar-refractivity contribution >= 4 is 28.5 Å². The summed E-state index contributed by atoms with van der Waals surface area (Å²) in [5.41, 5.74) is 1.49. The molecule has 0 aliphatic carbocycles. The van der Waals surface area contributed by atoms with Gasteiger partial charge in [0.1, 0.15) is 6.54 Å². The van der Waals surface area contributed by atoms with E-state index in [-0.39, 0.29) is 12.5 Å². The minimum absolute atomic E-state index is 0.0956. The number of carbonyl (C=O) groups excluding carboxylic acids is 1. The van der Waals surface area contributed by atoms with E-state index in [2.05, 4.69) is 5.32 Å². The minimum atomic E-state index is -0.897. The number of anilines is 1.